The van der Waals surface area contributed by atoms with Gasteiger partial charge in [-0.15, -0.1) is 0 Å². The number of para-hydroxylation sites is 1. The summed E-state index contributed by atoms with van der Waals surface area (Å²) in [6, 6.07) is 15.0. The van der Waals surface area contributed by atoms with Crippen molar-refractivity contribution in [3.05, 3.63) is 59.7 Å². The highest BCUT2D eigenvalue weighted by molar-refractivity contribution is 7.89. The summed E-state index contributed by atoms with van der Waals surface area (Å²) in [5.41, 5.74) is 3.16. The lowest BCUT2D eigenvalue weighted by Gasteiger charge is -2.20. The van der Waals surface area contributed by atoms with E-state index < -0.39 is 10.0 Å². The van der Waals surface area contributed by atoms with Gasteiger partial charge in [0.25, 0.3) is 0 Å². The quantitative estimate of drug-likeness (QED) is 0.624. The van der Waals surface area contributed by atoms with E-state index in [4.69, 9.17) is 12.2 Å². The van der Waals surface area contributed by atoms with Gasteiger partial charge in [0.05, 0.1) is 10.9 Å². The van der Waals surface area contributed by atoms with E-state index in [-0.39, 0.29) is 6.04 Å². The van der Waals surface area contributed by atoms with Gasteiger partial charge in [0.2, 0.25) is 10.0 Å². The molecule has 0 amide bonds. The van der Waals surface area contributed by atoms with E-state index in [1.54, 1.807) is 12.1 Å². The normalized spacial score (nSPS) is 12.6. The largest absolute Gasteiger partial charge is 0.356 e. The van der Waals surface area contributed by atoms with Crippen LogP contribution in [0.4, 0.5) is 5.69 Å². The predicted octanol–water partition coefficient (Wildman–Crippen LogP) is 4.33. The van der Waals surface area contributed by atoms with Gasteiger partial charge in [-0.05, 0) is 54.9 Å². The lowest BCUT2D eigenvalue weighted by Crippen LogP contribution is -2.31. The van der Waals surface area contributed by atoms with Crippen LogP contribution in [0.1, 0.15) is 44.9 Å². The minimum absolute atomic E-state index is 0.0565. The van der Waals surface area contributed by atoms with E-state index >= 15 is 0 Å². The van der Waals surface area contributed by atoms with E-state index in [2.05, 4.69) is 23.6 Å². The van der Waals surface area contributed by atoms with E-state index in [9.17, 15) is 8.42 Å². The molecule has 0 aliphatic heterocycles. The molecule has 0 aromatic heterocycles. The van der Waals surface area contributed by atoms with Gasteiger partial charge >= 0.3 is 0 Å². The van der Waals surface area contributed by atoms with Crippen LogP contribution >= 0.6 is 12.2 Å². The summed E-state index contributed by atoms with van der Waals surface area (Å²) in [5.74, 6) is 0. The summed E-state index contributed by atoms with van der Waals surface area (Å²) in [4.78, 5) is 0.310. The maximum absolute atomic E-state index is 12.6. The predicted molar refractivity (Wildman–Crippen MR) is 120 cm³/mol. The average Bonchev–Trinajstić information content (AvgIpc) is 2.69. The molecule has 0 bridgehead atoms. The van der Waals surface area contributed by atoms with Crippen molar-refractivity contribution in [2.45, 2.75) is 45.1 Å². The molecule has 2 aromatic carbocycles. The van der Waals surface area contributed by atoms with E-state index in [0.29, 0.717) is 23.1 Å². The summed E-state index contributed by atoms with van der Waals surface area (Å²) in [7, 11) is -3.44. The highest BCUT2D eigenvalue weighted by atomic mass is 32.2. The summed E-state index contributed by atoms with van der Waals surface area (Å²) in [6.07, 6.45) is 0.920. The molecule has 0 saturated heterocycles. The van der Waals surface area contributed by atoms with Gasteiger partial charge in [-0.1, -0.05) is 51.1 Å². The molecule has 7 heteroatoms. The molecular formula is C21H29N3O2S2. The van der Waals surface area contributed by atoms with Crippen molar-refractivity contribution >= 4 is 33.0 Å². The average molecular weight is 420 g/mol. The van der Waals surface area contributed by atoms with Gasteiger partial charge in [0.1, 0.15) is 0 Å². The Labute approximate surface area is 174 Å². The van der Waals surface area contributed by atoms with Crippen LogP contribution in [0.25, 0.3) is 0 Å². The van der Waals surface area contributed by atoms with Gasteiger partial charge in [0, 0.05) is 18.8 Å². The Morgan fingerprint density at radius 1 is 1.04 bits per heavy atom. The van der Waals surface area contributed by atoms with Crippen molar-refractivity contribution in [3.63, 3.8) is 0 Å². The minimum Gasteiger partial charge on any atom is -0.356 e. The van der Waals surface area contributed by atoms with Crippen LogP contribution in [0, 0.1) is 0 Å². The molecule has 0 radical (unpaired) electrons. The second-order valence-electron chi connectivity index (χ2n) is 6.49. The molecule has 5 nitrogen and oxygen atoms in total. The SMILES string of the molecule is CCc1ccccc1NC(=S)N[C@H](C)c1ccc(S(=O)(=O)N(CC)CC)cc1. The van der Waals surface area contributed by atoms with Crippen LogP contribution in [0.15, 0.2) is 53.4 Å². The molecule has 0 fully saturated rings. The Kier molecular flexibility index (Phi) is 7.98. The minimum atomic E-state index is -3.44. The molecule has 0 aliphatic carbocycles. The number of anilines is 1. The highest BCUT2D eigenvalue weighted by Gasteiger charge is 2.21. The van der Waals surface area contributed by atoms with Crippen molar-refractivity contribution in [1.29, 1.82) is 0 Å². The Hall–Kier alpha value is -1.96. The molecule has 0 unspecified atom stereocenters. The molecule has 28 heavy (non-hydrogen) atoms. The lowest BCUT2D eigenvalue weighted by atomic mass is 10.1. The van der Waals surface area contributed by atoms with Gasteiger partial charge in [-0.3, -0.25) is 0 Å². The third-order valence-corrected chi connectivity index (χ3v) is 7.00. The highest BCUT2D eigenvalue weighted by Crippen LogP contribution is 2.20. The topological polar surface area (TPSA) is 61.4 Å². The van der Waals surface area contributed by atoms with Crippen molar-refractivity contribution in [1.82, 2.24) is 9.62 Å². The Morgan fingerprint density at radius 3 is 2.21 bits per heavy atom. The number of benzene rings is 2. The van der Waals surface area contributed by atoms with Crippen LogP contribution in [-0.2, 0) is 16.4 Å². The third-order valence-electron chi connectivity index (χ3n) is 4.72. The number of nitrogens with one attached hydrogen (secondary N) is 2. The van der Waals surface area contributed by atoms with Gasteiger partial charge in [-0.25, -0.2) is 8.42 Å². The van der Waals surface area contributed by atoms with Gasteiger partial charge in [-0.2, -0.15) is 4.31 Å². The Balaban J connectivity index is 2.06. The zero-order chi connectivity index (χ0) is 20.7. The van der Waals surface area contributed by atoms with Crippen molar-refractivity contribution in [2.75, 3.05) is 18.4 Å². The number of nitrogens with zero attached hydrogens (tertiary/aromatic N) is 1. The zero-order valence-corrected chi connectivity index (χ0v) is 18.5. The molecule has 0 spiro atoms. The molecule has 152 valence electrons. The fraction of sp³-hybridized carbons (Fsp3) is 0.381. The first-order valence-corrected chi connectivity index (χ1v) is 11.4. The molecular weight excluding hydrogens is 390 g/mol. The Bertz CT molecular complexity index is 892. The molecule has 2 rings (SSSR count). The number of hydrogen-bond acceptors (Lipinski definition) is 3. The Morgan fingerprint density at radius 2 is 1.64 bits per heavy atom. The molecule has 0 heterocycles. The van der Waals surface area contributed by atoms with Crippen LogP contribution in [0.3, 0.4) is 0 Å². The molecule has 2 N–H and O–H groups in total. The first-order valence-electron chi connectivity index (χ1n) is 9.58. The van der Waals surface area contributed by atoms with Crippen LogP contribution < -0.4 is 10.6 Å². The monoisotopic (exact) mass is 419 g/mol. The summed E-state index contributed by atoms with van der Waals surface area (Å²) in [6.45, 7) is 8.69. The molecule has 2 aromatic rings. The number of rotatable bonds is 8. The van der Waals surface area contributed by atoms with E-state index in [1.807, 2.05) is 51.1 Å². The van der Waals surface area contributed by atoms with Crippen molar-refractivity contribution in [3.8, 4) is 0 Å². The van der Waals surface area contributed by atoms with E-state index in [0.717, 1.165) is 17.7 Å². The smallest absolute Gasteiger partial charge is 0.243 e. The van der Waals surface area contributed by atoms with Crippen LogP contribution in [0.2, 0.25) is 0 Å². The van der Waals surface area contributed by atoms with Crippen LogP contribution in [0.5, 0.6) is 0 Å². The van der Waals surface area contributed by atoms with Crippen molar-refractivity contribution in [2.24, 2.45) is 0 Å². The maximum atomic E-state index is 12.6. The zero-order valence-electron chi connectivity index (χ0n) is 16.9. The maximum Gasteiger partial charge on any atom is 0.243 e. The molecule has 0 saturated carbocycles. The summed E-state index contributed by atoms with van der Waals surface area (Å²) in [5, 5.41) is 7.04. The van der Waals surface area contributed by atoms with Gasteiger partial charge < -0.3 is 10.6 Å². The summed E-state index contributed by atoms with van der Waals surface area (Å²) < 4.78 is 26.6. The lowest BCUT2D eigenvalue weighted by molar-refractivity contribution is 0.445. The molecule has 0 aliphatic rings. The number of thiocarbonyl (C=S) groups is 1. The second-order valence-corrected chi connectivity index (χ2v) is 8.84. The number of hydrogen-bond donors (Lipinski definition) is 2. The summed E-state index contributed by atoms with van der Waals surface area (Å²) >= 11 is 5.45. The van der Waals surface area contributed by atoms with E-state index in [1.165, 1.54) is 9.87 Å². The second kappa shape index (κ2) is 10.0. The fourth-order valence-corrected chi connectivity index (χ4v) is 4.77. The standard InChI is InChI=1S/C21H29N3O2S2/c1-5-17-10-8-9-11-20(17)23-21(27)22-16(4)18-12-14-19(15-13-18)28(25,26)24(6-2)7-3/h8-16H,5-7H2,1-4H3,(H2,22,23,27)/t16-/m1/s1. The fourth-order valence-electron chi connectivity index (χ4n) is 3.03. The molecule has 1 atom stereocenters. The third kappa shape index (κ3) is 5.31. The first kappa shape index (κ1) is 22.3. The number of aryl methyl sites for hydroxylation is 1. The number of sulfonamides is 1. The van der Waals surface area contributed by atoms with Gasteiger partial charge in [0.15, 0.2) is 5.11 Å². The van der Waals surface area contributed by atoms with Crippen LogP contribution in [-0.4, -0.2) is 30.9 Å². The van der Waals surface area contributed by atoms with Crippen molar-refractivity contribution < 1.29 is 8.42 Å². The first-order chi connectivity index (χ1) is 13.3.